The first-order valence-corrected chi connectivity index (χ1v) is 9.73. The van der Waals surface area contributed by atoms with Gasteiger partial charge in [0.2, 0.25) is 5.95 Å². The van der Waals surface area contributed by atoms with Crippen LogP contribution in [0.2, 0.25) is 0 Å². The van der Waals surface area contributed by atoms with Crippen LogP contribution in [0, 0.1) is 13.8 Å². The van der Waals surface area contributed by atoms with E-state index in [4.69, 9.17) is 4.74 Å². The van der Waals surface area contributed by atoms with Crippen LogP contribution < -0.4 is 20.7 Å². The second-order valence-corrected chi connectivity index (χ2v) is 7.35. The van der Waals surface area contributed by atoms with Gasteiger partial charge in [-0.15, -0.1) is 0 Å². The minimum Gasteiger partial charge on any atom is -0.492 e. The quantitative estimate of drug-likeness (QED) is 0.647. The summed E-state index contributed by atoms with van der Waals surface area (Å²) in [6.45, 7) is 6.06. The van der Waals surface area contributed by atoms with E-state index < -0.39 is 6.10 Å². The lowest BCUT2D eigenvalue weighted by molar-refractivity contribution is 0.180. The highest BCUT2D eigenvalue weighted by Crippen LogP contribution is 2.42. The molecule has 2 aliphatic rings. The third-order valence-corrected chi connectivity index (χ3v) is 5.24. The Morgan fingerprint density at radius 1 is 1.25 bits per heavy atom. The lowest BCUT2D eigenvalue weighted by Gasteiger charge is -2.20. The molecule has 0 bridgehead atoms. The number of ether oxygens (including phenoxy) is 1. The molecule has 0 radical (unpaired) electrons. The molecule has 2 aliphatic heterocycles. The van der Waals surface area contributed by atoms with Gasteiger partial charge in [0.1, 0.15) is 11.6 Å². The zero-order valence-corrected chi connectivity index (χ0v) is 16.6. The van der Waals surface area contributed by atoms with Gasteiger partial charge in [-0.3, -0.25) is 0 Å². The Morgan fingerprint density at radius 2 is 2.11 bits per heavy atom. The fourth-order valence-corrected chi connectivity index (χ4v) is 3.88. The van der Waals surface area contributed by atoms with E-state index in [2.05, 4.69) is 45.0 Å². The zero-order chi connectivity index (χ0) is 19.7. The summed E-state index contributed by atoms with van der Waals surface area (Å²) >= 11 is 0. The second-order valence-electron chi connectivity index (χ2n) is 7.35. The highest BCUT2D eigenvalue weighted by atomic mass is 16.5. The standard InChI is InChI=1S/C21H27N5O2/c1-12-8-18(22-3)26-21(24-12)25-17-10-15-5-7-28-20(15)19(13(17)2)14-4-6-23-11-16(27)9-14/h4,8,10,16,23,27H,5-7,9,11H2,1-3H3,(H2,22,24,25,26). The number of hydrogen-bond acceptors (Lipinski definition) is 7. The molecule has 1 aromatic heterocycles. The maximum atomic E-state index is 10.3. The van der Waals surface area contributed by atoms with Crippen molar-refractivity contribution in [3.63, 3.8) is 0 Å². The van der Waals surface area contributed by atoms with E-state index in [-0.39, 0.29) is 0 Å². The number of hydrogen-bond donors (Lipinski definition) is 4. The van der Waals surface area contributed by atoms with Gasteiger partial charge in [0.05, 0.1) is 12.7 Å². The summed E-state index contributed by atoms with van der Waals surface area (Å²) in [4.78, 5) is 9.04. The lowest BCUT2D eigenvalue weighted by atomic mass is 9.91. The Morgan fingerprint density at radius 3 is 2.93 bits per heavy atom. The molecule has 7 heteroatoms. The van der Waals surface area contributed by atoms with Crippen molar-refractivity contribution in [2.75, 3.05) is 37.4 Å². The van der Waals surface area contributed by atoms with Crippen LogP contribution in [-0.4, -0.2) is 47.9 Å². The fourth-order valence-electron chi connectivity index (χ4n) is 3.88. The molecule has 4 N–H and O–H groups in total. The molecule has 1 atom stereocenters. The molecule has 0 saturated heterocycles. The number of benzene rings is 1. The number of fused-ring (bicyclic) bond motifs is 1. The van der Waals surface area contributed by atoms with Crippen molar-refractivity contribution in [2.24, 2.45) is 0 Å². The molecule has 28 heavy (non-hydrogen) atoms. The van der Waals surface area contributed by atoms with Crippen molar-refractivity contribution < 1.29 is 9.84 Å². The van der Waals surface area contributed by atoms with Gasteiger partial charge in [0.15, 0.2) is 0 Å². The van der Waals surface area contributed by atoms with E-state index >= 15 is 0 Å². The maximum absolute atomic E-state index is 10.3. The monoisotopic (exact) mass is 381 g/mol. The summed E-state index contributed by atoms with van der Waals surface area (Å²) in [5, 5.41) is 20.0. The van der Waals surface area contributed by atoms with E-state index in [0.29, 0.717) is 25.5 Å². The minimum atomic E-state index is -0.403. The van der Waals surface area contributed by atoms with Crippen LogP contribution in [0.5, 0.6) is 5.75 Å². The molecule has 0 saturated carbocycles. The maximum Gasteiger partial charge on any atom is 0.229 e. The first kappa shape index (κ1) is 18.7. The first-order chi connectivity index (χ1) is 13.5. The van der Waals surface area contributed by atoms with Gasteiger partial charge in [-0.2, -0.15) is 4.98 Å². The number of rotatable bonds is 4. The summed E-state index contributed by atoms with van der Waals surface area (Å²) in [5.41, 5.74) is 6.33. The van der Waals surface area contributed by atoms with Crippen LogP contribution in [-0.2, 0) is 6.42 Å². The highest BCUT2D eigenvalue weighted by Gasteiger charge is 2.25. The van der Waals surface area contributed by atoms with Crippen molar-refractivity contribution in [1.29, 1.82) is 0 Å². The van der Waals surface area contributed by atoms with Gasteiger partial charge in [-0.1, -0.05) is 6.08 Å². The summed E-state index contributed by atoms with van der Waals surface area (Å²) < 4.78 is 5.99. The molecule has 4 rings (SSSR count). The Kier molecular flexibility index (Phi) is 5.19. The van der Waals surface area contributed by atoms with Crippen LogP contribution >= 0.6 is 0 Å². The normalized spacial score (nSPS) is 18.7. The van der Waals surface area contributed by atoms with E-state index in [0.717, 1.165) is 52.6 Å². The Labute approximate surface area is 165 Å². The van der Waals surface area contributed by atoms with E-state index in [1.54, 1.807) is 0 Å². The Balaban J connectivity index is 1.77. The number of nitrogens with zero attached hydrogens (tertiary/aromatic N) is 2. The topological polar surface area (TPSA) is 91.3 Å². The zero-order valence-electron chi connectivity index (χ0n) is 16.6. The molecule has 3 heterocycles. The number of aliphatic hydroxyl groups excluding tert-OH is 1. The largest absolute Gasteiger partial charge is 0.492 e. The SMILES string of the molecule is CNc1cc(C)nc(Nc2cc3c(c(C4=CCNCC(O)C4)c2C)OCC3)n1. The summed E-state index contributed by atoms with van der Waals surface area (Å²) in [7, 11) is 1.85. The number of anilines is 3. The van der Waals surface area contributed by atoms with Gasteiger partial charge in [-0.25, -0.2) is 4.98 Å². The molecule has 0 fully saturated rings. The van der Waals surface area contributed by atoms with Gasteiger partial charge < -0.3 is 25.8 Å². The summed E-state index contributed by atoms with van der Waals surface area (Å²) in [6.07, 6.45) is 3.24. The van der Waals surface area contributed by atoms with Crippen LogP contribution in [0.25, 0.3) is 5.57 Å². The highest BCUT2D eigenvalue weighted by molar-refractivity contribution is 5.81. The Bertz CT molecular complexity index is 925. The van der Waals surface area contributed by atoms with Gasteiger partial charge in [0, 0.05) is 61.6 Å². The van der Waals surface area contributed by atoms with Gasteiger partial charge in [-0.05, 0) is 31.1 Å². The van der Waals surface area contributed by atoms with Gasteiger partial charge >= 0.3 is 0 Å². The van der Waals surface area contributed by atoms with Crippen LogP contribution in [0.15, 0.2) is 18.2 Å². The molecule has 0 aliphatic carbocycles. The number of aryl methyl sites for hydroxylation is 1. The van der Waals surface area contributed by atoms with E-state index in [1.807, 2.05) is 20.0 Å². The number of aliphatic hydroxyl groups is 1. The molecule has 1 aromatic carbocycles. The molecule has 1 unspecified atom stereocenters. The molecule has 7 nitrogen and oxygen atoms in total. The first-order valence-electron chi connectivity index (χ1n) is 9.73. The lowest BCUT2D eigenvalue weighted by Crippen LogP contribution is -2.24. The molecular formula is C21H27N5O2. The average molecular weight is 381 g/mol. The van der Waals surface area contributed by atoms with Crippen molar-refractivity contribution in [3.05, 3.63) is 40.6 Å². The smallest absolute Gasteiger partial charge is 0.229 e. The van der Waals surface area contributed by atoms with Crippen molar-refractivity contribution in [1.82, 2.24) is 15.3 Å². The minimum absolute atomic E-state index is 0.403. The summed E-state index contributed by atoms with van der Waals surface area (Å²) in [6, 6.07) is 4.04. The number of aromatic nitrogens is 2. The van der Waals surface area contributed by atoms with Crippen LogP contribution in [0.1, 0.15) is 28.8 Å². The molecule has 2 aromatic rings. The van der Waals surface area contributed by atoms with Crippen molar-refractivity contribution >= 4 is 23.0 Å². The predicted molar refractivity (Wildman–Crippen MR) is 111 cm³/mol. The molecular weight excluding hydrogens is 354 g/mol. The molecule has 0 spiro atoms. The third kappa shape index (κ3) is 3.68. The van der Waals surface area contributed by atoms with E-state index in [9.17, 15) is 5.11 Å². The third-order valence-electron chi connectivity index (χ3n) is 5.24. The fraction of sp³-hybridized carbons (Fsp3) is 0.429. The number of nitrogens with one attached hydrogen (secondary N) is 3. The Hall–Kier alpha value is -2.64. The van der Waals surface area contributed by atoms with Crippen molar-refractivity contribution in [3.8, 4) is 5.75 Å². The van der Waals surface area contributed by atoms with Crippen LogP contribution in [0.3, 0.4) is 0 Å². The second kappa shape index (κ2) is 7.77. The predicted octanol–water partition coefficient (Wildman–Crippen LogP) is 2.55. The summed E-state index contributed by atoms with van der Waals surface area (Å²) in [5.74, 6) is 2.29. The van der Waals surface area contributed by atoms with Crippen molar-refractivity contribution in [2.45, 2.75) is 32.8 Å². The molecule has 148 valence electrons. The molecule has 0 amide bonds. The van der Waals surface area contributed by atoms with Crippen LogP contribution in [0.4, 0.5) is 17.5 Å². The average Bonchev–Trinajstić information content (AvgIpc) is 3.01. The van der Waals surface area contributed by atoms with Gasteiger partial charge in [0.25, 0.3) is 0 Å². The number of β-amino-alcohol motifs (C(OH)–C–C–N with tert-alkyl or cyclic N) is 1. The van der Waals surface area contributed by atoms with E-state index in [1.165, 1.54) is 5.56 Å².